The van der Waals surface area contributed by atoms with Crippen LogP contribution in [0.25, 0.3) is 45.2 Å². The maximum absolute atomic E-state index is 14.5. The monoisotopic (exact) mass is 1030 g/mol. The first-order valence-corrected chi connectivity index (χ1v) is 19.2. The summed E-state index contributed by atoms with van der Waals surface area (Å²) in [5.74, 6) is -1.81. The van der Waals surface area contributed by atoms with Gasteiger partial charge >= 0.3 is 66.8 Å². The van der Waals surface area contributed by atoms with Gasteiger partial charge in [-0.3, -0.25) is 0 Å². The summed E-state index contributed by atoms with van der Waals surface area (Å²) in [5.41, 5.74) is -13.8. The molecule has 2 heterocycles. The molecule has 0 bridgehead atoms. The van der Waals surface area contributed by atoms with Gasteiger partial charge in [-0.2, -0.15) is 52.7 Å². The predicted molar refractivity (Wildman–Crippen MR) is 214 cm³/mol. The van der Waals surface area contributed by atoms with Crippen LogP contribution in [0.15, 0.2) is 81.8 Å². The van der Waals surface area contributed by atoms with Gasteiger partial charge in [-0.15, -0.1) is 0 Å². The van der Waals surface area contributed by atoms with E-state index >= 15 is 0 Å². The van der Waals surface area contributed by atoms with Gasteiger partial charge in [0.05, 0.1) is 28.3 Å². The molecular formula is C43H29Cl2F14LiN2O7. The van der Waals surface area contributed by atoms with Crippen LogP contribution in [0.2, 0.25) is 10.0 Å². The molecule has 26 heteroatoms. The molecule has 69 heavy (non-hydrogen) atoms. The number of hydrogen-bond donors (Lipinski definition) is 1. The molecule has 0 fully saturated rings. The largest absolute Gasteiger partial charge is 1.00 e. The number of esters is 1. The molecule has 0 radical (unpaired) electrons. The fraction of sp³-hybridized carbons (Fsp3) is 0.256. The summed E-state index contributed by atoms with van der Waals surface area (Å²) in [5, 5.41) is 16.9. The van der Waals surface area contributed by atoms with E-state index in [2.05, 4.69) is 15.1 Å². The second-order valence-corrected chi connectivity index (χ2v) is 15.4. The summed E-state index contributed by atoms with van der Waals surface area (Å²) < 4.78 is 202. The van der Waals surface area contributed by atoms with Gasteiger partial charge in [0.2, 0.25) is 0 Å². The van der Waals surface area contributed by atoms with E-state index in [1.54, 1.807) is 0 Å². The van der Waals surface area contributed by atoms with Gasteiger partial charge in [0.15, 0.2) is 11.5 Å². The number of methoxy groups -OCH3 is 1. The molecule has 0 saturated heterocycles. The standard InChI is InChI=1S/C22H15ClF7NO3.C21H13ClF7NO3.Li.H2O/c1-10-6-13(20(24,21(25,26)27)22(28,29)30)7-11(2)18(10)16-9-17(34-31-16)12-4-5-15(23)14(8-12)19(32)33-3;1-9-5-12(19(23,20(24,25)26)21(27,28)29)6-10(2)17(9)15-8-16(33-30-15)11-3-4-14(22)13(7-11)18(31)32;;/h4-9H,1-3H3;3-8H,1-2H3,(H,31,32);;1H2/q;;+1;/p-1. The zero-order chi connectivity index (χ0) is 50.6. The normalized spacial score (nSPS) is 12.4. The van der Waals surface area contributed by atoms with E-state index in [1.807, 2.05) is 0 Å². The molecule has 9 nitrogen and oxygen atoms in total. The van der Waals surface area contributed by atoms with Crippen molar-refractivity contribution in [3.05, 3.63) is 127 Å². The third-order valence-corrected chi connectivity index (χ3v) is 10.8. The maximum atomic E-state index is 14.5. The number of carbonyl (C=O) groups excluding carboxylic acids is 1. The van der Waals surface area contributed by atoms with Crippen molar-refractivity contribution in [2.45, 2.75) is 63.7 Å². The Kier molecular flexibility index (Phi) is 17.1. The SMILES string of the molecule is COC(=O)c1cc(-c2cc(-c3c(C)cc(C(F)(C(F)(F)F)C(F)(F)F)cc3C)no2)ccc1Cl.Cc1cc(C(F)(C(F)(F)F)C(F)(F)F)cc(C)c1-c1cc(-c2ccc(Cl)c(C(=O)O)c2)on1.[Li+].[OH-]. The fourth-order valence-corrected chi connectivity index (χ4v) is 7.35. The van der Waals surface area contributed by atoms with E-state index in [9.17, 15) is 76.2 Å². The number of carboxylic acids is 1. The van der Waals surface area contributed by atoms with Crippen molar-refractivity contribution in [2.75, 3.05) is 7.11 Å². The summed E-state index contributed by atoms with van der Waals surface area (Å²) in [6, 6.07) is 12.8. The van der Waals surface area contributed by atoms with Crippen LogP contribution in [0, 0.1) is 27.7 Å². The number of aromatic carboxylic acids is 1. The third-order valence-electron chi connectivity index (χ3n) is 10.1. The van der Waals surface area contributed by atoms with Crippen molar-refractivity contribution in [1.82, 2.24) is 10.3 Å². The number of aromatic nitrogens is 2. The Morgan fingerprint density at radius 1 is 0.536 bits per heavy atom. The van der Waals surface area contributed by atoms with Crippen LogP contribution in [-0.2, 0) is 16.1 Å². The van der Waals surface area contributed by atoms with Crippen molar-refractivity contribution < 1.29 is 114 Å². The number of benzene rings is 4. The van der Waals surface area contributed by atoms with E-state index in [-0.39, 0.29) is 107 Å². The number of nitrogens with zero attached hydrogens (tertiary/aromatic N) is 2. The summed E-state index contributed by atoms with van der Waals surface area (Å²) in [4.78, 5) is 23.1. The van der Waals surface area contributed by atoms with Crippen molar-refractivity contribution >= 4 is 35.1 Å². The topological polar surface area (TPSA) is 146 Å². The third kappa shape index (κ3) is 10.9. The second-order valence-electron chi connectivity index (χ2n) is 14.6. The maximum Gasteiger partial charge on any atom is 1.00 e. The van der Waals surface area contributed by atoms with Crippen molar-refractivity contribution in [3.63, 3.8) is 0 Å². The second kappa shape index (κ2) is 20.4. The number of carboxylic acid groups (broad SMARTS) is 1. The first-order valence-electron chi connectivity index (χ1n) is 18.4. The number of halogens is 16. The van der Waals surface area contributed by atoms with E-state index in [4.69, 9.17) is 32.2 Å². The van der Waals surface area contributed by atoms with Crippen LogP contribution < -0.4 is 18.9 Å². The van der Waals surface area contributed by atoms with Gasteiger partial charge in [0, 0.05) is 45.5 Å². The number of hydrogen-bond acceptors (Lipinski definition) is 8. The molecule has 0 aliphatic carbocycles. The molecule has 366 valence electrons. The molecule has 2 N–H and O–H groups in total. The summed E-state index contributed by atoms with van der Waals surface area (Å²) in [6.45, 7) is 4.87. The first kappa shape index (κ1) is 57.7. The number of aryl methyl sites for hydroxylation is 4. The zero-order valence-electron chi connectivity index (χ0n) is 35.8. The van der Waals surface area contributed by atoms with Crippen LogP contribution in [0.5, 0.6) is 0 Å². The molecule has 0 spiro atoms. The average Bonchev–Trinajstić information content (AvgIpc) is 3.89. The average molecular weight is 1030 g/mol. The predicted octanol–water partition coefficient (Wildman–Crippen LogP) is 11.4. The number of carbonyl (C=O) groups is 2. The number of alkyl halides is 14. The smallest absolute Gasteiger partial charge is 0.870 e. The molecule has 6 aromatic rings. The molecule has 0 aliphatic rings. The minimum atomic E-state index is -6.23. The minimum absolute atomic E-state index is 0. The van der Waals surface area contributed by atoms with Gasteiger partial charge in [0.1, 0.15) is 11.4 Å². The Labute approximate surface area is 401 Å². The van der Waals surface area contributed by atoms with Gasteiger partial charge in [-0.05, 0) is 86.3 Å². The summed E-state index contributed by atoms with van der Waals surface area (Å²) >= 11 is 11.8. The molecular weight excluding hydrogens is 1000 g/mol. The molecule has 2 aromatic heterocycles. The van der Waals surface area contributed by atoms with Crippen LogP contribution in [0.3, 0.4) is 0 Å². The zero-order valence-corrected chi connectivity index (χ0v) is 37.3. The Bertz CT molecular complexity index is 2800. The van der Waals surface area contributed by atoms with Crippen LogP contribution in [0.1, 0.15) is 54.1 Å². The molecule has 0 aliphatic heterocycles. The van der Waals surface area contributed by atoms with Gasteiger partial charge in [-0.25, -0.2) is 18.4 Å². The van der Waals surface area contributed by atoms with E-state index in [0.717, 1.165) is 7.11 Å². The van der Waals surface area contributed by atoms with E-state index in [1.165, 1.54) is 76.2 Å². The molecule has 0 amide bonds. The first-order chi connectivity index (χ1) is 30.7. The molecule has 0 saturated carbocycles. The minimum Gasteiger partial charge on any atom is -0.870 e. The van der Waals surface area contributed by atoms with E-state index in [0.29, 0.717) is 29.8 Å². The van der Waals surface area contributed by atoms with Crippen LogP contribution >= 0.6 is 23.2 Å². The van der Waals surface area contributed by atoms with Gasteiger partial charge in [0.25, 0.3) is 0 Å². The number of rotatable bonds is 8. The van der Waals surface area contributed by atoms with Gasteiger partial charge < -0.3 is 24.4 Å². The van der Waals surface area contributed by atoms with Crippen molar-refractivity contribution in [2.24, 2.45) is 0 Å². The Hall–Kier alpha value is -5.60. The quantitative estimate of drug-likeness (QED) is 0.0894. The van der Waals surface area contributed by atoms with Crippen LogP contribution in [0.4, 0.5) is 61.5 Å². The van der Waals surface area contributed by atoms with Crippen LogP contribution in [-0.4, -0.2) is 64.6 Å². The molecule has 0 unspecified atom stereocenters. The van der Waals surface area contributed by atoms with Crippen molar-refractivity contribution in [3.8, 4) is 45.2 Å². The number of ether oxygens (including phenoxy) is 1. The summed E-state index contributed by atoms with van der Waals surface area (Å²) in [6.07, 6.45) is -24.9. The van der Waals surface area contributed by atoms with Gasteiger partial charge in [-0.1, -0.05) is 57.8 Å². The fourth-order valence-electron chi connectivity index (χ4n) is 6.95. The van der Waals surface area contributed by atoms with E-state index < -0.39 is 59.1 Å². The molecule has 0 atom stereocenters. The molecule has 4 aromatic carbocycles. The summed E-state index contributed by atoms with van der Waals surface area (Å²) in [7, 11) is 1.16. The Morgan fingerprint density at radius 2 is 0.841 bits per heavy atom. The Morgan fingerprint density at radius 3 is 1.13 bits per heavy atom. The Balaban J connectivity index is 0.000000355. The molecule has 6 rings (SSSR count). The van der Waals surface area contributed by atoms with Crippen molar-refractivity contribution in [1.29, 1.82) is 0 Å².